The minimum atomic E-state index is -0.392. The lowest BCUT2D eigenvalue weighted by Gasteiger charge is -2.02. The lowest BCUT2D eigenvalue weighted by atomic mass is 10.1. The molecule has 0 amide bonds. The molecule has 2 aromatic rings. The van der Waals surface area contributed by atoms with Crippen molar-refractivity contribution in [2.75, 3.05) is 0 Å². The van der Waals surface area contributed by atoms with E-state index in [-0.39, 0.29) is 0 Å². The Bertz CT molecular complexity index is 394. The summed E-state index contributed by atoms with van der Waals surface area (Å²) in [7, 11) is 0. The van der Waals surface area contributed by atoms with Crippen LogP contribution in [0, 0.1) is 0 Å². The summed E-state index contributed by atoms with van der Waals surface area (Å²) in [4.78, 5) is 4.16. The Kier molecular flexibility index (Phi) is 1.83. The van der Waals surface area contributed by atoms with E-state index < -0.39 is 6.10 Å². The minimum absolute atomic E-state index is 0.392. The molecule has 1 N–H and O–H groups in total. The highest BCUT2D eigenvalue weighted by Gasteiger charge is 2.02. The summed E-state index contributed by atoms with van der Waals surface area (Å²) in [6, 6.07) is 5.83. The molecular formula is C9H9NOS. The fourth-order valence-corrected chi connectivity index (χ4v) is 1.86. The molecular weight excluding hydrogens is 170 g/mol. The van der Waals surface area contributed by atoms with Gasteiger partial charge in [0, 0.05) is 0 Å². The predicted octanol–water partition coefficient (Wildman–Crippen LogP) is 2.35. The van der Waals surface area contributed by atoms with Gasteiger partial charge in [0.15, 0.2) is 0 Å². The largest absolute Gasteiger partial charge is 0.389 e. The van der Waals surface area contributed by atoms with E-state index in [0.717, 1.165) is 15.8 Å². The maximum Gasteiger partial charge on any atom is 0.0812 e. The standard InChI is InChI=1S/C9H9NOS/c1-6(11)7-2-3-8-9(4-7)12-5-10-8/h2-6,11H,1H3/t6-/m0/s1. The number of aliphatic hydroxyl groups is 1. The van der Waals surface area contributed by atoms with Crippen molar-refractivity contribution in [2.45, 2.75) is 13.0 Å². The molecule has 0 aliphatic carbocycles. The Morgan fingerprint density at radius 2 is 2.33 bits per heavy atom. The molecule has 0 radical (unpaired) electrons. The summed E-state index contributed by atoms with van der Waals surface area (Å²) in [6.45, 7) is 1.77. The minimum Gasteiger partial charge on any atom is -0.389 e. The van der Waals surface area contributed by atoms with Crippen LogP contribution in [0.5, 0.6) is 0 Å². The lowest BCUT2D eigenvalue weighted by molar-refractivity contribution is 0.199. The molecule has 1 aromatic carbocycles. The second-order valence-corrected chi connectivity index (χ2v) is 3.64. The third kappa shape index (κ3) is 1.21. The van der Waals surface area contributed by atoms with Gasteiger partial charge in [0.2, 0.25) is 0 Å². The summed E-state index contributed by atoms with van der Waals surface area (Å²) < 4.78 is 1.13. The third-order valence-electron chi connectivity index (χ3n) is 1.84. The topological polar surface area (TPSA) is 33.1 Å². The second-order valence-electron chi connectivity index (χ2n) is 2.76. The average molecular weight is 179 g/mol. The summed E-state index contributed by atoms with van der Waals surface area (Å²) in [6.07, 6.45) is -0.392. The van der Waals surface area contributed by atoms with Gasteiger partial charge in [0.1, 0.15) is 0 Å². The van der Waals surface area contributed by atoms with Gasteiger partial charge in [-0.3, -0.25) is 0 Å². The van der Waals surface area contributed by atoms with Gasteiger partial charge in [0.25, 0.3) is 0 Å². The number of aromatic nitrogens is 1. The van der Waals surface area contributed by atoms with Gasteiger partial charge in [-0.05, 0) is 24.6 Å². The van der Waals surface area contributed by atoms with E-state index in [1.807, 2.05) is 23.7 Å². The number of nitrogens with zero attached hydrogens (tertiary/aromatic N) is 1. The van der Waals surface area contributed by atoms with Crippen LogP contribution < -0.4 is 0 Å². The van der Waals surface area contributed by atoms with Gasteiger partial charge >= 0.3 is 0 Å². The molecule has 0 aliphatic heterocycles. The van der Waals surface area contributed by atoms with Gasteiger partial charge < -0.3 is 5.11 Å². The number of rotatable bonds is 1. The maximum absolute atomic E-state index is 9.30. The van der Waals surface area contributed by atoms with Crippen molar-refractivity contribution in [1.82, 2.24) is 4.98 Å². The maximum atomic E-state index is 9.30. The molecule has 0 unspecified atom stereocenters. The molecule has 1 heterocycles. The van der Waals surface area contributed by atoms with Crippen molar-refractivity contribution >= 4 is 21.6 Å². The normalized spacial score (nSPS) is 13.5. The van der Waals surface area contributed by atoms with E-state index in [1.165, 1.54) is 0 Å². The monoisotopic (exact) mass is 179 g/mol. The fraction of sp³-hybridized carbons (Fsp3) is 0.222. The van der Waals surface area contributed by atoms with Crippen molar-refractivity contribution in [3.8, 4) is 0 Å². The zero-order chi connectivity index (χ0) is 8.55. The molecule has 62 valence electrons. The second kappa shape index (κ2) is 2.84. The van der Waals surface area contributed by atoms with E-state index >= 15 is 0 Å². The Labute approximate surface area is 74.5 Å². The molecule has 0 spiro atoms. The third-order valence-corrected chi connectivity index (χ3v) is 2.63. The molecule has 0 saturated heterocycles. The fourth-order valence-electron chi connectivity index (χ4n) is 1.13. The molecule has 12 heavy (non-hydrogen) atoms. The number of thiazole rings is 1. The first-order chi connectivity index (χ1) is 5.77. The van der Waals surface area contributed by atoms with Crippen LogP contribution in [-0.4, -0.2) is 10.1 Å². The van der Waals surface area contributed by atoms with Crippen molar-refractivity contribution < 1.29 is 5.11 Å². The summed E-state index contributed by atoms with van der Waals surface area (Å²) in [5.41, 5.74) is 3.77. The first-order valence-corrected chi connectivity index (χ1v) is 4.66. The van der Waals surface area contributed by atoms with Crippen LogP contribution in [0.1, 0.15) is 18.6 Å². The Balaban J connectivity index is 2.60. The molecule has 0 saturated carbocycles. The zero-order valence-corrected chi connectivity index (χ0v) is 7.51. The molecule has 2 rings (SSSR count). The van der Waals surface area contributed by atoms with E-state index in [1.54, 1.807) is 18.3 Å². The Morgan fingerprint density at radius 3 is 3.08 bits per heavy atom. The Morgan fingerprint density at radius 1 is 1.50 bits per heavy atom. The molecule has 0 bridgehead atoms. The van der Waals surface area contributed by atoms with Crippen LogP contribution in [-0.2, 0) is 0 Å². The van der Waals surface area contributed by atoms with Crippen molar-refractivity contribution in [3.63, 3.8) is 0 Å². The highest BCUT2D eigenvalue weighted by atomic mass is 32.1. The van der Waals surface area contributed by atoms with Gasteiger partial charge in [0.05, 0.1) is 21.8 Å². The predicted molar refractivity (Wildman–Crippen MR) is 50.3 cm³/mol. The van der Waals surface area contributed by atoms with E-state index in [9.17, 15) is 5.11 Å². The van der Waals surface area contributed by atoms with E-state index in [2.05, 4.69) is 4.98 Å². The van der Waals surface area contributed by atoms with Crippen molar-refractivity contribution in [1.29, 1.82) is 0 Å². The molecule has 0 fully saturated rings. The smallest absolute Gasteiger partial charge is 0.0812 e. The van der Waals surface area contributed by atoms with Gasteiger partial charge in [-0.1, -0.05) is 6.07 Å². The van der Waals surface area contributed by atoms with Crippen LogP contribution in [0.4, 0.5) is 0 Å². The van der Waals surface area contributed by atoms with Crippen LogP contribution in [0.3, 0.4) is 0 Å². The molecule has 2 nitrogen and oxygen atoms in total. The number of fused-ring (bicyclic) bond motifs is 1. The van der Waals surface area contributed by atoms with Gasteiger partial charge in [-0.25, -0.2) is 4.98 Å². The highest BCUT2D eigenvalue weighted by Crippen LogP contribution is 2.22. The van der Waals surface area contributed by atoms with E-state index in [0.29, 0.717) is 0 Å². The van der Waals surface area contributed by atoms with E-state index in [4.69, 9.17) is 0 Å². The van der Waals surface area contributed by atoms with Crippen LogP contribution in [0.15, 0.2) is 23.7 Å². The van der Waals surface area contributed by atoms with Crippen molar-refractivity contribution in [3.05, 3.63) is 29.3 Å². The van der Waals surface area contributed by atoms with Crippen LogP contribution >= 0.6 is 11.3 Å². The summed E-state index contributed by atoms with van der Waals surface area (Å²) in [5.74, 6) is 0. The highest BCUT2D eigenvalue weighted by molar-refractivity contribution is 7.16. The number of hydrogen-bond donors (Lipinski definition) is 1. The van der Waals surface area contributed by atoms with Gasteiger partial charge in [-0.2, -0.15) is 0 Å². The lowest BCUT2D eigenvalue weighted by Crippen LogP contribution is -1.88. The molecule has 3 heteroatoms. The number of hydrogen-bond acceptors (Lipinski definition) is 3. The molecule has 0 aliphatic rings. The SMILES string of the molecule is C[C@H](O)c1ccc2ncsc2c1. The first-order valence-electron chi connectivity index (χ1n) is 3.78. The molecule has 1 atom stereocenters. The number of benzene rings is 1. The Hall–Kier alpha value is -0.930. The average Bonchev–Trinajstić information content (AvgIpc) is 2.49. The summed E-state index contributed by atoms with van der Waals surface area (Å²) in [5, 5.41) is 9.30. The first kappa shape index (κ1) is 7.71. The van der Waals surface area contributed by atoms with Crippen LogP contribution in [0.25, 0.3) is 10.2 Å². The zero-order valence-electron chi connectivity index (χ0n) is 6.69. The number of aliphatic hydroxyl groups excluding tert-OH is 1. The molecule has 1 aromatic heterocycles. The van der Waals surface area contributed by atoms with Gasteiger partial charge in [-0.15, -0.1) is 11.3 Å². The van der Waals surface area contributed by atoms with Crippen molar-refractivity contribution in [2.24, 2.45) is 0 Å². The summed E-state index contributed by atoms with van der Waals surface area (Å²) >= 11 is 1.60. The quantitative estimate of drug-likeness (QED) is 0.729. The van der Waals surface area contributed by atoms with Crippen LogP contribution in [0.2, 0.25) is 0 Å².